The molecular formula is C22H24N4O2. The summed E-state index contributed by atoms with van der Waals surface area (Å²) in [7, 11) is 1.64. The summed E-state index contributed by atoms with van der Waals surface area (Å²) in [5, 5.41) is 6.09. The Morgan fingerprint density at radius 2 is 1.61 bits per heavy atom. The number of nitrogens with one attached hydrogen (secondary N) is 2. The van der Waals surface area contributed by atoms with Crippen LogP contribution in [0.4, 0.5) is 5.95 Å². The summed E-state index contributed by atoms with van der Waals surface area (Å²) in [5.41, 5.74) is 4.44. The zero-order valence-corrected chi connectivity index (χ0v) is 16.3. The van der Waals surface area contributed by atoms with E-state index in [1.54, 1.807) is 20.2 Å². The highest BCUT2D eigenvalue weighted by molar-refractivity contribution is 5.94. The molecule has 28 heavy (non-hydrogen) atoms. The predicted octanol–water partition coefficient (Wildman–Crippen LogP) is 3.64. The lowest BCUT2D eigenvalue weighted by Crippen LogP contribution is -2.24. The van der Waals surface area contributed by atoms with Crippen molar-refractivity contribution in [2.24, 2.45) is 0 Å². The Morgan fingerprint density at radius 1 is 0.964 bits per heavy atom. The second kappa shape index (κ2) is 8.99. The molecule has 0 saturated heterocycles. The molecule has 0 radical (unpaired) electrons. The Hall–Kier alpha value is -3.41. The molecule has 0 bridgehead atoms. The van der Waals surface area contributed by atoms with Crippen LogP contribution in [0.25, 0.3) is 0 Å². The summed E-state index contributed by atoms with van der Waals surface area (Å²) < 4.78 is 5.15. The largest absolute Gasteiger partial charge is 0.497 e. The molecule has 0 aliphatic carbocycles. The molecule has 0 atom stereocenters. The number of hydrogen-bond donors (Lipinski definition) is 2. The summed E-state index contributed by atoms with van der Waals surface area (Å²) >= 11 is 0. The zero-order valence-electron chi connectivity index (χ0n) is 16.3. The number of anilines is 1. The minimum Gasteiger partial charge on any atom is -0.497 e. The third-order valence-electron chi connectivity index (χ3n) is 4.41. The number of methoxy groups -OCH3 is 1. The Bertz CT molecular complexity index is 938. The van der Waals surface area contributed by atoms with Crippen molar-refractivity contribution in [2.75, 3.05) is 12.4 Å². The average Bonchev–Trinajstić information content (AvgIpc) is 2.72. The molecule has 2 N–H and O–H groups in total. The van der Waals surface area contributed by atoms with Gasteiger partial charge in [-0.05, 0) is 37.1 Å². The number of nitrogens with zero attached hydrogens (tertiary/aromatic N) is 2. The molecule has 2 aromatic carbocycles. The van der Waals surface area contributed by atoms with Gasteiger partial charge in [0.1, 0.15) is 5.75 Å². The highest BCUT2D eigenvalue weighted by atomic mass is 16.5. The van der Waals surface area contributed by atoms with Crippen LogP contribution in [-0.2, 0) is 13.1 Å². The first-order valence-corrected chi connectivity index (χ1v) is 9.09. The van der Waals surface area contributed by atoms with Gasteiger partial charge >= 0.3 is 0 Å². The highest BCUT2D eigenvalue weighted by Crippen LogP contribution is 2.13. The summed E-state index contributed by atoms with van der Waals surface area (Å²) in [5.74, 6) is 1.13. The molecule has 3 aromatic rings. The summed E-state index contributed by atoms with van der Waals surface area (Å²) in [6, 6.07) is 15.8. The van der Waals surface area contributed by atoms with Gasteiger partial charge in [-0.2, -0.15) is 0 Å². The highest BCUT2D eigenvalue weighted by Gasteiger charge is 2.11. The van der Waals surface area contributed by atoms with Crippen LogP contribution in [0.3, 0.4) is 0 Å². The normalized spacial score (nSPS) is 10.4. The van der Waals surface area contributed by atoms with E-state index in [-0.39, 0.29) is 5.91 Å². The van der Waals surface area contributed by atoms with Gasteiger partial charge in [0.15, 0.2) is 0 Å². The van der Waals surface area contributed by atoms with Crippen LogP contribution < -0.4 is 15.4 Å². The van der Waals surface area contributed by atoms with Crippen molar-refractivity contribution in [3.05, 3.63) is 82.7 Å². The molecule has 0 aliphatic heterocycles. The van der Waals surface area contributed by atoms with Crippen LogP contribution >= 0.6 is 0 Å². The molecule has 0 aliphatic rings. The number of carbonyl (C=O) groups is 1. The number of carbonyl (C=O) groups excluding carboxylic acids is 1. The number of ether oxygens (including phenoxy) is 1. The fourth-order valence-corrected chi connectivity index (χ4v) is 2.68. The lowest BCUT2D eigenvalue weighted by atomic mass is 10.1. The smallest absolute Gasteiger partial charge is 0.254 e. The molecule has 1 amide bonds. The molecule has 0 fully saturated rings. The van der Waals surface area contributed by atoms with Gasteiger partial charge in [0, 0.05) is 19.3 Å². The van der Waals surface area contributed by atoms with Crippen LogP contribution in [0.5, 0.6) is 5.75 Å². The Balaban J connectivity index is 1.57. The monoisotopic (exact) mass is 376 g/mol. The molecule has 0 unspecified atom stereocenters. The van der Waals surface area contributed by atoms with Crippen molar-refractivity contribution in [1.29, 1.82) is 0 Å². The lowest BCUT2D eigenvalue weighted by Gasteiger charge is -2.10. The Morgan fingerprint density at radius 3 is 2.25 bits per heavy atom. The first-order chi connectivity index (χ1) is 13.5. The van der Waals surface area contributed by atoms with Crippen molar-refractivity contribution in [2.45, 2.75) is 26.9 Å². The quantitative estimate of drug-likeness (QED) is 0.658. The standard InChI is InChI=1S/C22H24N4O2/c1-15-4-6-17(7-5-15)12-23-21(27)20-14-25-22(26-16(20)2)24-13-18-8-10-19(28-3)11-9-18/h4-11,14H,12-13H2,1-3H3,(H,23,27)(H,24,25,26). The maximum absolute atomic E-state index is 12.4. The molecule has 3 rings (SSSR count). The second-order valence-corrected chi connectivity index (χ2v) is 6.56. The van der Waals surface area contributed by atoms with Crippen molar-refractivity contribution in [1.82, 2.24) is 15.3 Å². The predicted molar refractivity (Wildman–Crippen MR) is 109 cm³/mol. The minimum absolute atomic E-state index is 0.181. The number of aryl methyl sites for hydroxylation is 2. The van der Waals surface area contributed by atoms with Gasteiger partial charge < -0.3 is 15.4 Å². The van der Waals surface area contributed by atoms with Crippen molar-refractivity contribution < 1.29 is 9.53 Å². The second-order valence-electron chi connectivity index (χ2n) is 6.56. The van der Waals surface area contributed by atoms with Crippen LogP contribution in [0.2, 0.25) is 0 Å². The molecule has 0 saturated carbocycles. The van der Waals surface area contributed by atoms with E-state index in [0.29, 0.717) is 30.3 Å². The molecule has 6 nitrogen and oxygen atoms in total. The average molecular weight is 376 g/mol. The molecular weight excluding hydrogens is 352 g/mol. The van der Waals surface area contributed by atoms with E-state index in [1.807, 2.05) is 55.5 Å². The lowest BCUT2D eigenvalue weighted by molar-refractivity contribution is 0.0949. The number of hydrogen-bond acceptors (Lipinski definition) is 5. The van der Waals surface area contributed by atoms with Crippen LogP contribution in [0.1, 0.15) is 32.7 Å². The van der Waals surface area contributed by atoms with E-state index in [4.69, 9.17) is 4.74 Å². The van der Waals surface area contributed by atoms with Gasteiger partial charge in [0.05, 0.1) is 18.4 Å². The third-order valence-corrected chi connectivity index (χ3v) is 4.41. The number of amides is 1. The van der Waals surface area contributed by atoms with Crippen molar-refractivity contribution in [3.8, 4) is 5.75 Å². The van der Waals surface area contributed by atoms with Gasteiger partial charge in [0.2, 0.25) is 5.95 Å². The number of aromatic nitrogens is 2. The van der Waals surface area contributed by atoms with Crippen LogP contribution in [-0.4, -0.2) is 23.0 Å². The van der Waals surface area contributed by atoms with Gasteiger partial charge in [-0.25, -0.2) is 9.97 Å². The summed E-state index contributed by atoms with van der Waals surface area (Å²) in [6.07, 6.45) is 1.56. The topological polar surface area (TPSA) is 76.1 Å². The SMILES string of the molecule is COc1ccc(CNc2ncc(C(=O)NCc3ccc(C)cc3)c(C)n2)cc1. The maximum atomic E-state index is 12.4. The molecule has 144 valence electrons. The molecule has 1 heterocycles. The Kier molecular flexibility index (Phi) is 6.22. The van der Waals surface area contributed by atoms with Crippen molar-refractivity contribution in [3.63, 3.8) is 0 Å². The van der Waals surface area contributed by atoms with Crippen molar-refractivity contribution >= 4 is 11.9 Å². The molecule has 0 spiro atoms. The molecule has 6 heteroatoms. The van der Waals surface area contributed by atoms with E-state index < -0.39 is 0 Å². The summed E-state index contributed by atoms with van der Waals surface area (Å²) in [6.45, 7) is 4.90. The minimum atomic E-state index is -0.181. The van der Waals surface area contributed by atoms with E-state index in [0.717, 1.165) is 16.9 Å². The van der Waals surface area contributed by atoms with Gasteiger partial charge in [0.25, 0.3) is 5.91 Å². The Labute approximate surface area is 165 Å². The summed E-state index contributed by atoms with van der Waals surface area (Å²) in [4.78, 5) is 21.1. The van der Waals surface area contributed by atoms with E-state index in [1.165, 1.54) is 5.56 Å². The fourth-order valence-electron chi connectivity index (χ4n) is 2.68. The van der Waals surface area contributed by atoms with E-state index in [9.17, 15) is 4.79 Å². The fraction of sp³-hybridized carbons (Fsp3) is 0.227. The van der Waals surface area contributed by atoms with Gasteiger partial charge in [-0.1, -0.05) is 42.0 Å². The number of benzene rings is 2. The van der Waals surface area contributed by atoms with Gasteiger partial charge in [-0.3, -0.25) is 4.79 Å². The van der Waals surface area contributed by atoms with Gasteiger partial charge in [-0.15, -0.1) is 0 Å². The molecule has 1 aromatic heterocycles. The van der Waals surface area contributed by atoms with Crippen LogP contribution in [0, 0.1) is 13.8 Å². The maximum Gasteiger partial charge on any atom is 0.254 e. The third kappa shape index (κ3) is 5.07. The van der Waals surface area contributed by atoms with E-state index in [2.05, 4.69) is 20.6 Å². The first kappa shape index (κ1) is 19.4. The first-order valence-electron chi connectivity index (χ1n) is 9.09. The van der Waals surface area contributed by atoms with Crippen LogP contribution in [0.15, 0.2) is 54.7 Å². The zero-order chi connectivity index (χ0) is 19.9. The number of rotatable bonds is 7. The van der Waals surface area contributed by atoms with E-state index >= 15 is 0 Å².